The molecule has 7 nitrogen and oxygen atoms in total. The van der Waals surface area contributed by atoms with Crippen molar-refractivity contribution in [2.45, 2.75) is 6.61 Å². The number of fused-ring (bicyclic) bond motifs is 3. The zero-order chi connectivity index (χ0) is 20.5. The van der Waals surface area contributed by atoms with Crippen LogP contribution in [0.1, 0.15) is 5.56 Å². The molecule has 0 aliphatic rings. The number of hydrogen-bond acceptors (Lipinski definition) is 4. The van der Waals surface area contributed by atoms with E-state index in [1.54, 1.807) is 6.33 Å². The fourth-order valence-corrected chi connectivity index (χ4v) is 3.61. The predicted molar refractivity (Wildman–Crippen MR) is 118 cm³/mol. The predicted octanol–water partition coefficient (Wildman–Crippen LogP) is 4.17. The van der Waals surface area contributed by atoms with E-state index in [2.05, 4.69) is 43.2 Å². The number of hydrogen-bond donors (Lipinski definition) is 3. The van der Waals surface area contributed by atoms with E-state index in [9.17, 15) is 0 Å². The second-order valence-corrected chi connectivity index (χ2v) is 7.04. The minimum atomic E-state index is 0.0438. The van der Waals surface area contributed by atoms with E-state index in [0.717, 1.165) is 44.3 Å². The average Bonchev–Trinajstić information content (AvgIpc) is 3.28. The van der Waals surface area contributed by atoms with Gasteiger partial charge in [0.15, 0.2) is 5.65 Å². The molecule has 0 saturated heterocycles. The number of aliphatic hydroxyl groups is 1. The summed E-state index contributed by atoms with van der Waals surface area (Å²) in [6.07, 6.45) is 7.31. The Morgan fingerprint density at radius 1 is 1.00 bits per heavy atom. The number of aromatic nitrogens is 6. The highest BCUT2D eigenvalue weighted by molar-refractivity contribution is 5.96. The molecule has 2 aromatic carbocycles. The van der Waals surface area contributed by atoms with Crippen molar-refractivity contribution in [1.29, 1.82) is 0 Å². The van der Waals surface area contributed by atoms with E-state index in [4.69, 9.17) is 5.11 Å². The molecule has 0 radical (unpaired) electrons. The smallest absolute Gasteiger partial charge is 0.170 e. The first-order valence-electron chi connectivity index (χ1n) is 9.60. The fraction of sp³-hybridized carbons (Fsp3) is 0.0870. The normalized spacial score (nSPS) is 11.1. The van der Waals surface area contributed by atoms with Gasteiger partial charge in [0, 0.05) is 47.7 Å². The number of rotatable bonds is 2. The van der Waals surface area contributed by atoms with Gasteiger partial charge in [0.1, 0.15) is 5.52 Å². The Morgan fingerprint density at radius 2 is 1.90 bits per heavy atom. The van der Waals surface area contributed by atoms with Crippen molar-refractivity contribution in [3.63, 3.8) is 0 Å². The first-order valence-corrected chi connectivity index (χ1v) is 9.60. The summed E-state index contributed by atoms with van der Waals surface area (Å²) in [5.74, 6) is 0. The summed E-state index contributed by atoms with van der Waals surface area (Å²) >= 11 is 0. The lowest BCUT2D eigenvalue weighted by molar-refractivity contribution is 0.283. The van der Waals surface area contributed by atoms with E-state index < -0.39 is 0 Å². The van der Waals surface area contributed by atoms with Gasteiger partial charge in [-0.05, 0) is 17.5 Å². The zero-order valence-electron chi connectivity index (χ0n) is 16.4. The van der Waals surface area contributed by atoms with Gasteiger partial charge in [-0.15, -0.1) is 0 Å². The molecule has 30 heavy (non-hydrogen) atoms. The van der Waals surface area contributed by atoms with Crippen molar-refractivity contribution in [2.75, 3.05) is 0 Å². The summed E-state index contributed by atoms with van der Waals surface area (Å²) < 4.78 is 1.96. The summed E-state index contributed by atoms with van der Waals surface area (Å²) in [4.78, 5) is 15.8. The quantitative estimate of drug-likeness (QED) is 0.409. The minimum Gasteiger partial charge on any atom is -0.392 e. The largest absolute Gasteiger partial charge is 0.392 e. The van der Waals surface area contributed by atoms with Gasteiger partial charge >= 0.3 is 0 Å². The second kappa shape index (κ2) is 7.46. The molecule has 148 valence electrons. The van der Waals surface area contributed by atoms with Gasteiger partial charge in [-0.1, -0.05) is 36.4 Å². The first kappa shape index (κ1) is 18.1. The summed E-state index contributed by atoms with van der Waals surface area (Å²) in [5.41, 5.74) is 6.95. The van der Waals surface area contributed by atoms with E-state index in [-0.39, 0.29) is 6.61 Å². The maximum Gasteiger partial charge on any atom is 0.170 e. The number of imidazole rings is 1. The first-order chi connectivity index (χ1) is 14.7. The van der Waals surface area contributed by atoms with Crippen LogP contribution in [-0.2, 0) is 13.7 Å². The minimum absolute atomic E-state index is 0.0438. The average molecular weight is 396 g/mol. The lowest BCUT2D eigenvalue weighted by atomic mass is 10.0. The number of aryl methyl sites for hydroxylation is 1. The molecule has 0 fully saturated rings. The Hall–Kier alpha value is -3.97. The highest BCUT2D eigenvalue weighted by Crippen LogP contribution is 2.28. The number of para-hydroxylation sites is 1. The van der Waals surface area contributed by atoms with E-state index in [1.807, 2.05) is 60.7 Å². The van der Waals surface area contributed by atoms with Crippen LogP contribution in [-0.4, -0.2) is 34.8 Å². The van der Waals surface area contributed by atoms with Crippen LogP contribution < -0.4 is 0 Å². The monoisotopic (exact) mass is 396 g/mol. The van der Waals surface area contributed by atoms with Crippen LogP contribution in [0, 0.1) is 0 Å². The summed E-state index contributed by atoms with van der Waals surface area (Å²) in [6.45, 7) is 0.0438. The van der Waals surface area contributed by atoms with Crippen molar-refractivity contribution >= 4 is 33.0 Å². The highest BCUT2D eigenvalue weighted by atomic mass is 16.3. The molecule has 6 rings (SSSR count). The third-order valence-electron chi connectivity index (χ3n) is 5.19. The van der Waals surface area contributed by atoms with E-state index in [0.29, 0.717) is 0 Å². The van der Waals surface area contributed by atoms with Gasteiger partial charge in [0.05, 0.1) is 24.0 Å². The van der Waals surface area contributed by atoms with Crippen molar-refractivity contribution in [3.8, 4) is 11.1 Å². The number of pyridine rings is 2. The molecule has 3 N–H and O–H groups in total. The standard InChI is InChI=1S/C15H12N4.C8H8N2O/c1-19-14-6-11(8-17-15(14)18-19)13-9-16-7-10-4-2-3-5-12(10)13;11-4-6-2-1-3-7-8(6)10-5-9-7/h2-9H,1H3,(H,17,18);1-3,5,11H,4H2,(H,9,10). The van der Waals surface area contributed by atoms with E-state index >= 15 is 0 Å². The molecule has 0 spiro atoms. The number of aromatic amines is 2. The Balaban J connectivity index is 0.000000149. The van der Waals surface area contributed by atoms with E-state index in [1.165, 1.54) is 5.39 Å². The van der Waals surface area contributed by atoms with Crippen molar-refractivity contribution in [1.82, 2.24) is 29.7 Å². The molecule has 7 heteroatoms. The summed E-state index contributed by atoms with van der Waals surface area (Å²) in [7, 11) is 1.98. The van der Waals surface area contributed by atoms with Crippen LogP contribution in [0.5, 0.6) is 0 Å². The van der Waals surface area contributed by atoms with Crippen molar-refractivity contribution in [3.05, 3.63) is 79.0 Å². The molecule has 0 bridgehead atoms. The zero-order valence-corrected chi connectivity index (χ0v) is 16.4. The molecule has 4 heterocycles. The van der Waals surface area contributed by atoms with Crippen LogP contribution in [0.4, 0.5) is 0 Å². The molecule has 0 atom stereocenters. The van der Waals surface area contributed by atoms with Crippen LogP contribution in [0.25, 0.3) is 44.1 Å². The van der Waals surface area contributed by atoms with Crippen LogP contribution >= 0.6 is 0 Å². The third-order valence-corrected chi connectivity index (χ3v) is 5.19. The topological polar surface area (TPSA) is 95.4 Å². The maximum atomic E-state index is 8.90. The molecule has 0 aliphatic heterocycles. The molecule has 4 aromatic heterocycles. The van der Waals surface area contributed by atoms with Gasteiger partial charge in [0.2, 0.25) is 0 Å². The lowest BCUT2D eigenvalue weighted by Crippen LogP contribution is -2.06. The van der Waals surface area contributed by atoms with Gasteiger partial charge in [-0.25, -0.2) is 9.97 Å². The molecule has 0 saturated carbocycles. The fourth-order valence-electron chi connectivity index (χ4n) is 3.61. The number of nitrogens with zero attached hydrogens (tertiary/aromatic N) is 4. The van der Waals surface area contributed by atoms with Gasteiger partial charge in [-0.3, -0.25) is 14.8 Å². The van der Waals surface area contributed by atoms with Crippen LogP contribution in [0.3, 0.4) is 0 Å². The number of benzene rings is 2. The van der Waals surface area contributed by atoms with Crippen molar-refractivity contribution < 1.29 is 5.11 Å². The molecular formula is C23H20N6O. The Labute approximate surface area is 172 Å². The maximum absolute atomic E-state index is 8.90. The number of nitrogens with one attached hydrogen (secondary N) is 2. The van der Waals surface area contributed by atoms with Gasteiger partial charge in [-0.2, -0.15) is 0 Å². The number of aliphatic hydroxyl groups excluding tert-OH is 1. The van der Waals surface area contributed by atoms with Crippen LogP contribution in [0.15, 0.2) is 73.4 Å². The third kappa shape index (κ3) is 3.11. The molecular weight excluding hydrogens is 376 g/mol. The molecule has 0 amide bonds. The molecule has 6 aromatic rings. The Bertz CT molecular complexity index is 1450. The summed E-state index contributed by atoms with van der Waals surface area (Å²) in [6, 6.07) is 16.1. The summed E-state index contributed by atoms with van der Waals surface area (Å²) in [5, 5.41) is 14.4. The Morgan fingerprint density at radius 3 is 2.77 bits per heavy atom. The van der Waals surface area contributed by atoms with Crippen molar-refractivity contribution in [2.24, 2.45) is 7.05 Å². The molecule has 0 aliphatic carbocycles. The SMILES string of the molecule is Cn1[nH]c2ncc(-c3cncc4ccccc34)cc21.OCc1cccc2[nH]cnc12. The lowest BCUT2D eigenvalue weighted by Gasteiger charge is -2.13. The molecule has 0 unspecified atom stereocenters. The highest BCUT2D eigenvalue weighted by Gasteiger charge is 2.09. The number of H-pyrrole nitrogens is 2. The second-order valence-electron chi connectivity index (χ2n) is 7.04. The van der Waals surface area contributed by atoms with Gasteiger partial charge < -0.3 is 10.1 Å². The van der Waals surface area contributed by atoms with Crippen LogP contribution in [0.2, 0.25) is 0 Å². The van der Waals surface area contributed by atoms with Gasteiger partial charge in [0.25, 0.3) is 0 Å². The Kier molecular flexibility index (Phi) is 4.49.